The first-order valence-corrected chi connectivity index (χ1v) is 9.99. The minimum atomic E-state index is -3.99. The fourth-order valence-corrected chi connectivity index (χ4v) is 4.13. The lowest BCUT2D eigenvalue weighted by atomic mass is 10.0. The van der Waals surface area contributed by atoms with Crippen molar-refractivity contribution in [3.05, 3.63) is 90.0 Å². The van der Waals surface area contributed by atoms with Crippen LogP contribution >= 0.6 is 0 Å². The maximum Gasteiger partial charge on any atom is 0.273 e. The molecule has 1 amide bonds. The third kappa shape index (κ3) is 3.30. The summed E-state index contributed by atoms with van der Waals surface area (Å²) in [5, 5.41) is 14.0. The molecule has 0 saturated heterocycles. The quantitative estimate of drug-likeness (QED) is 0.631. The van der Waals surface area contributed by atoms with Gasteiger partial charge in [0.25, 0.3) is 15.9 Å². The second-order valence-corrected chi connectivity index (χ2v) is 7.93. The van der Waals surface area contributed by atoms with E-state index in [0.717, 1.165) is 5.01 Å². The van der Waals surface area contributed by atoms with Crippen LogP contribution in [0.25, 0.3) is 0 Å². The molecule has 3 aromatic carbocycles. The van der Waals surface area contributed by atoms with Crippen molar-refractivity contribution in [2.75, 3.05) is 5.32 Å². The molecule has 0 radical (unpaired) electrons. The van der Waals surface area contributed by atoms with E-state index in [1.54, 1.807) is 54.6 Å². The van der Waals surface area contributed by atoms with Gasteiger partial charge in [0.05, 0.1) is 10.5 Å². The van der Waals surface area contributed by atoms with E-state index < -0.39 is 22.1 Å². The van der Waals surface area contributed by atoms with Crippen LogP contribution in [0.5, 0.6) is 5.75 Å². The lowest BCUT2D eigenvalue weighted by Gasteiger charge is -2.37. The fraction of sp³-hybridized carbons (Fsp3) is 0.0500. The number of nitrogens with one attached hydrogen (secondary N) is 2. The number of phenols is 1. The van der Waals surface area contributed by atoms with Gasteiger partial charge in [-0.25, -0.2) is 13.4 Å². The van der Waals surface area contributed by atoms with Gasteiger partial charge >= 0.3 is 0 Å². The number of fused-ring (bicyclic) bond motifs is 1. The Balaban J connectivity index is 1.78. The van der Waals surface area contributed by atoms with Gasteiger partial charge in [0.1, 0.15) is 11.9 Å². The minimum Gasteiger partial charge on any atom is -0.508 e. The maximum absolute atomic E-state index is 13.1. The Hall–Kier alpha value is -3.36. The summed E-state index contributed by atoms with van der Waals surface area (Å²) in [6.07, 6.45) is -0.840. The monoisotopic (exact) mass is 395 g/mol. The summed E-state index contributed by atoms with van der Waals surface area (Å²) in [5.41, 5.74) is 1.45. The van der Waals surface area contributed by atoms with Crippen LogP contribution in [0.2, 0.25) is 0 Å². The van der Waals surface area contributed by atoms with Crippen LogP contribution in [0.4, 0.5) is 5.69 Å². The van der Waals surface area contributed by atoms with Crippen LogP contribution < -0.4 is 10.1 Å². The van der Waals surface area contributed by atoms with Gasteiger partial charge in [-0.2, -0.15) is 0 Å². The maximum atomic E-state index is 13.1. The van der Waals surface area contributed by atoms with Crippen molar-refractivity contribution in [2.45, 2.75) is 11.1 Å². The molecule has 0 spiro atoms. The number of hydrazine groups is 1. The van der Waals surface area contributed by atoms with Gasteiger partial charge in [-0.3, -0.25) is 4.79 Å². The molecule has 3 aromatic rings. The highest BCUT2D eigenvalue weighted by Crippen LogP contribution is 2.33. The second-order valence-electron chi connectivity index (χ2n) is 6.27. The topological polar surface area (TPSA) is 98.7 Å². The molecule has 0 fully saturated rings. The van der Waals surface area contributed by atoms with Crippen molar-refractivity contribution in [3.8, 4) is 5.75 Å². The number of para-hydroxylation sites is 1. The van der Waals surface area contributed by atoms with Crippen molar-refractivity contribution >= 4 is 21.6 Å². The SMILES string of the molecule is O=C1c2ccccc2N[C@@H](c2cccc(O)c2)N1NS(=O)(=O)c1ccccc1. The number of nitrogens with zero attached hydrogens (tertiary/aromatic N) is 1. The van der Waals surface area contributed by atoms with E-state index in [1.165, 1.54) is 24.3 Å². The zero-order valence-electron chi connectivity index (χ0n) is 14.6. The minimum absolute atomic E-state index is 0.0106. The molecular weight excluding hydrogens is 378 g/mol. The zero-order valence-corrected chi connectivity index (χ0v) is 15.4. The van der Waals surface area contributed by atoms with Gasteiger partial charge in [-0.05, 0) is 42.0 Å². The fourth-order valence-electron chi connectivity index (χ4n) is 3.06. The lowest BCUT2D eigenvalue weighted by molar-refractivity contribution is 0.0632. The molecule has 0 bridgehead atoms. The van der Waals surface area contributed by atoms with Gasteiger partial charge in [-0.1, -0.05) is 42.5 Å². The number of hydrogen-bond acceptors (Lipinski definition) is 5. The normalized spacial score (nSPS) is 16.4. The highest BCUT2D eigenvalue weighted by atomic mass is 32.2. The summed E-state index contributed by atoms with van der Waals surface area (Å²) in [6.45, 7) is 0. The molecule has 0 unspecified atom stereocenters. The van der Waals surface area contributed by atoms with Crippen LogP contribution in [-0.4, -0.2) is 24.4 Å². The van der Waals surface area contributed by atoms with Crippen molar-refractivity contribution in [3.63, 3.8) is 0 Å². The van der Waals surface area contributed by atoms with Crippen molar-refractivity contribution in [2.24, 2.45) is 0 Å². The van der Waals surface area contributed by atoms with Gasteiger partial charge in [0.2, 0.25) is 0 Å². The smallest absolute Gasteiger partial charge is 0.273 e. The zero-order chi connectivity index (χ0) is 19.7. The number of sulfonamides is 1. The average Bonchev–Trinajstić information content (AvgIpc) is 2.70. The van der Waals surface area contributed by atoms with Crippen LogP contribution in [0.3, 0.4) is 0 Å². The summed E-state index contributed by atoms with van der Waals surface area (Å²) in [5.74, 6) is -0.487. The standard InChI is InChI=1S/C20H17N3O4S/c24-15-8-6-7-14(13-15)19-21-18-12-5-4-11-17(18)20(25)23(19)22-28(26,27)16-9-2-1-3-10-16/h1-13,19,21-22,24H/t19-/m1/s1. The number of benzene rings is 3. The molecule has 7 nitrogen and oxygen atoms in total. The van der Waals surface area contributed by atoms with Crippen molar-refractivity contribution < 1.29 is 18.3 Å². The molecule has 1 atom stereocenters. The Morgan fingerprint density at radius 1 is 0.929 bits per heavy atom. The Bertz CT molecular complexity index is 1130. The summed E-state index contributed by atoms with van der Waals surface area (Å²) in [7, 11) is -3.99. The highest BCUT2D eigenvalue weighted by Gasteiger charge is 2.36. The van der Waals surface area contributed by atoms with E-state index >= 15 is 0 Å². The molecule has 142 valence electrons. The van der Waals surface area contributed by atoms with E-state index in [4.69, 9.17) is 0 Å². The first-order chi connectivity index (χ1) is 13.5. The van der Waals surface area contributed by atoms with Crippen LogP contribution in [0.1, 0.15) is 22.1 Å². The third-order valence-corrected chi connectivity index (χ3v) is 5.71. The molecule has 28 heavy (non-hydrogen) atoms. The first kappa shape index (κ1) is 18.0. The van der Waals surface area contributed by atoms with Gasteiger partial charge in [0, 0.05) is 5.69 Å². The molecule has 1 aliphatic heterocycles. The van der Waals surface area contributed by atoms with E-state index in [1.807, 2.05) is 0 Å². The number of hydrogen-bond donors (Lipinski definition) is 3. The Morgan fingerprint density at radius 3 is 2.39 bits per heavy atom. The molecule has 3 N–H and O–H groups in total. The molecule has 0 saturated carbocycles. The Kier molecular flexibility index (Phi) is 4.50. The molecule has 1 aliphatic rings. The number of rotatable bonds is 4. The number of carbonyl (C=O) groups excluding carboxylic acids is 1. The molecule has 4 rings (SSSR count). The predicted molar refractivity (Wildman–Crippen MR) is 104 cm³/mol. The number of phenolic OH excluding ortho intramolecular Hbond substituents is 1. The van der Waals surface area contributed by atoms with Crippen LogP contribution in [-0.2, 0) is 10.0 Å². The Labute approximate surface area is 162 Å². The largest absolute Gasteiger partial charge is 0.508 e. The van der Waals surface area contributed by atoms with E-state index in [0.29, 0.717) is 16.8 Å². The number of amides is 1. The molecule has 0 aliphatic carbocycles. The summed E-state index contributed by atoms with van der Waals surface area (Å²) in [6, 6.07) is 21.0. The van der Waals surface area contributed by atoms with E-state index in [9.17, 15) is 18.3 Å². The molecule has 8 heteroatoms. The summed E-state index contributed by atoms with van der Waals surface area (Å²) in [4.78, 5) is 15.5. The predicted octanol–water partition coefficient (Wildman–Crippen LogP) is 2.85. The Morgan fingerprint density at radius 2 is 1.64 bits per heavy atom. The first-order valence-electron chi connectivity index (χ1n) is 8.51. The van der Waals surface area contributed by atoms with Crippen LogP contribution in [0, 0.1) is 0 Å². The highest BCUT2D eigenvalue weighted by molar-refractivity contribution is 7.89. The van der Waals surface area contributed by atoms with Gasteiger partial charge < -0.3 is 10.4 Å². The summed E-state index contributed by atoms with van der Waals surface area (Å²) < 4.78 is 25.6. The second kappa shape index (κ2) is 6.99. The van der Waals surface area contributed by atoms with E-state index in [2.05, 4.69) is 10.1 Å². The number of carbonyl (C=O) groups is 1. The van der Waals surface area contributed by atoms with Crippen molar-refractivity contribution in [1.82, 2.24) is 9.84 Å². The molecule has 0 aromatic heterocycles. The number of aromatic hydroxyl groups is 1. The van der Waals surface area contributed by atoms with Gasteiger partial charge in [0.15, 0.2) is 0 Å². The lowest BCUT2D eigenvalue weighted by Crippen LogP contribution is -2.52. The van der Waals surface area contributed by atoms with Crippen molar-refractivity contribution in [1.29, 1.82) is 0 Å². The molecule has 1 heterocycles. The van der Waals surface area contributed by atoms with E-state index in [-0.39, 0.29) is 10.6 Å². The summed E-state index contributed by atoms with van der Waals surface area (Å²) >= 11 is 0. The van der Waals surface area contributed by atoms with Crippen LogP contribution in [0.15, 0.2) is 83.8 Å². The van der Waals surface area contributed by atoms with Gasteiger partial charge in [-0.15, -0.1) is 4.83 Å². The third-order valence-electron chi connectivity index (χ3n) is 4.38. The molecular formula is C20H17N3O4S. The number of anilines is 1. The average molecular weight is 395 g/mol.